The summed E-state index contributed by atoms with van der Waals surface area (Å²) in [5.74, 6) is 1.05. The Kier molecular flexibility index (Phi) is 22.5. The lowest BCUT2D eigenvalue weighted by atomic mass is 10.0. The van der Waals surface area contributed by atoms with Gasteiger partial charge in [-0.3, -0.25) is 0 Å². The quantitative estimate of drug-likeness (QED) is 0.106. The molecule has 0 spiro atoms. The van der Waals surface area contributed by atoms with E-state index in [9.17, 15) is 4.79 Å². The van der Waals surface area contributed by atoms with Crippen molar-refractivity contribution in [2.45, 2.75) is 116 Å². The van der Waals surface area contributed by atoms with Crippen molar-refractivity contribution in [1.29, 1.82) is 0 Å². The summed E-state index contributed by atoms with van der Waals surface area (Å²) in [6.45, 7) is 0.666. The summed E-state index contributed by atoms with van der Waals surface area (Å²) < 4.78 is 0. The Balaban J connectivity index is 2.96. The van der Waals surface area contributed by atoms with Crippen LogP contribution in [0, 0.1) is 0 Å². The lowest BCUT2D eigenvalue weighted by Gasteiger charge is -2.03. The van der Waals surface area contributed by atoms with E-state index >= 15 is 0 Å². The van der Waals surface area contributed by atoms with Crippen molar-refractivity contribution in [1.82, 2.24) is 0 Å². The molecule has 0 aliphatic rings. The number of rotatable bonds is 20. The van der Waals surface area contributed by atoms with Crippen molar-refractivity contribution in [3.8, 4) is 0 Å². The molecule has 0 unspecified atom stereocenters. The summed E-state index contributed by atoms with van der Waals surface area (Å²) in [5.41, 5.74) is 0. The predicted molar refractivity (Wildman–Crippen MR) is 110 cm³/mol. The topological polar surface area (TPSA) is 29.4 Å². The Morgan fingerprint density at radius 2 is 0.792 bits per heavy atom. The van der Waals surface area contributed by atoms with Crippen LogP contribution in [0.3, 0.4) is 0 Å². The number of hydrogen-bond donors (Lipinski definition) is 1. The molecule has 0 aromatic carbocycles. The molecule has 0 aromatic rings. The van der Waals surface area contributed by atoms with Crippen LogP contribution in [-0.4, -0.2) is 18.4 Å². The first-order chi connectivity index (χ1) is 11.9. The fraction of sp³-hybridized carbons (Fsp3) is 0.952. The van der Waals surface area contributed by atoms with Gasteiger partial charge < -0.3 is 0 Å². The van der Waals surface area contributed by atoms with Crippen LogP contribution in [0.15, 0.2) is 4.99 Å². The third kappa shape index (κ3) is 21.7. The van der Waals surface area contributed by atoms with Gasteiger partial charge in [-0.1, -0.05) is 103 Å². The Labute approximate surface area is 156 Å². The third-order valence-electron chi connectivity index (χ3n) is 4.74. The number of nitrogens with zero attached hydrogens (tertiary/aromatic N) is 1. The molecule has 3 heteroatoms. The summed E-state index contributed by atoms with van der Waals surface area (Å²) in [6, 6.07) is 0. The molecule has 0 aromatic heterocycles. The molecule has 0 heterocycles. The maximum absolute atomic E-state index is 9.90. The lowest BCUT2D eigenvalue weighted by Crippen LogP contribution is -1.85. The number of aliphatic imine (C=N–C) groups is 1. The second-order valence-electron chi connectivity index (χ2n) is 7.06. The molecule has 0 aliphatic heterocycles. The summed E-state index contributed by atoms with van der Waals surface area (Å²) >= 11 is 4.25. The van der Waals surface area contributed by atoms with Crippen molar-refractivity contribution in [3.63, 3.8) is 0 Å². The lowest BCUT2D eigenvalue weighted by molar-refractivity contribution is 0.525. The molecule has 0 saturated heterocycles. The molecule has 0 amide bonds. The Morgan fingerprint density at radius 3 is 1.08 bits per heavy atom. The average Bonchev–Trinajstić information content (AvgIpc) is 2.60. The molecule has 0 bridgehead atoms. The van der Waals surface area contributed by atoms with Crippen LogP contribution >= 0.6 is 12.6 Å². The van der Waals surface area contributed by atoms with Gasteiger partial charge in [-0.2, -0.15) is 12.6 Å². The zero-order valence-corrected chi connectivity index (χ0v) is 16.8. The largest absolute Gasteiger partial charge is 0.234 e. The first kappa shape index (κ1) is 23.7. The smallest absolute Gasteiger partial charge is 0.211 e. The standard InChI is InChI=1S/C21H41NOS/c23-21-22-19-17-15-13-11-9-7-5-3-1-2-4-6-8-10-12-14-16-18-20-24/h24H,1-20H2. The average molecular weight is 356 g/mol. The number of isocyanates is 1. The van der Waals surface area contributed by atoms with E-state index in [1.807, 2.05) is 0 Å². The molecule has 0 N–H and O–H groups in total. The number of hydrogen-bond acceptors (Lipinski definition) is 3. The highest BCUT2D eigenvalue weighted by Crippen LogP contribution is 2.14. The van der Waals surface area contributed by atoms with E-state index in [2.05, 4.69) is 17.6 Å². The highest BCUT2D eigenvalue weighted by atomic mass is 32.1. The molecule has 0 rings (SSSR count). The second-order valence-corrected chi connectivity index (χ2v) is 7.51. The minimum Gasteiger partial charge on any atom is -0.211 e. The van der Waals surface area contributed by atoms with E-state index in [-0.39, 0.29) is 0 Å². The minimum atomic E-state index is 0.666. The molecular weight excluding hydrogens is 314 g/mol. The molecule has 142 valence electrons. The van der Waals surface area contributed by atoms with E-state index in [1.54, 1.807) is 6.08 Å². The Morgan fingerprint density at radius 1 is 0.500 bits per heavy atom. The van der Waals surface area contributed by atoms with Gasteiger partial charge in [0.2, 0.25) is 6.08 Å². The summed E-state index contributed by atoms with van der Waals surface area (Å²) in [5, 5.41) is 0. The number of carbonyl (C=O) groups excluding carboxylic acids is 1. The maximum Gasteiger partial charge on any atom is 0.234 e. The van der Waals surface area contributed by atoms with E-state index in [1.165, 1.54) is 109 Å². The third-order valence-corrected chi connectivity index (χ3v) is 5.06. The fourth-order valence-electron chi connectivity index (χ4n) is 3.18. The van der Waals surface area contributed by atoms with Gasteiger partial charge in [0.05, 0.1) is 6.54 Å². The van der Waals surface area contributed by atoms with Gasteiger partial charge in [-0.05, 0) is 18.6 Å². The molecule has 0 atom stereocenters. The predicted octanol–water partition coefficient (Wildman–Crippen LogP) is 7.27. The van der Waals surface area contributed by atoms with Crippen molar-refractivity contribution in [2.24, 2.45) is 4.99 Å². The van der Waals surface area contributed by atoms with Gasteiger partial charge in [-0.25, -0.2) is 9.79 Å². The first-order valence-corrected chi connectivity index (χ1v) is 11.2. The number of thiol groups is 1. The zero-order chi connectivity index (χ0) is 17.6. The monoisotopic (exact) mass is 355 g/mol. The van der Waals surface area contributed by atoms with Gasteiger partial charge in [0.25, 0.3) is 0 Å². The van der Waals surface area contributed by atoms with E-state index in [4.69, 9.17) is 0 Å². The first-order valence-electron chi connectivity index (χ1n) is 10.6. The summed E-state index contributed by atoms with van der Waals surface area (Å²) in [4.78, 5) is 13.5. The van der Waals surface area contributed by atoms with E-state index in [0.29, 0.717) is 6.54 Å². The van der Waals surface area contributed by atoms with Gasteiger partial charge >= 0.3 is 0 Å². The fourth-order valence-corrected chi connectivity index (χ4v) is 3.40. The van der Waals surface area contributed by atoms with Crippen LogP contribution in [0.2, 0.25) is 0 Å². The minimum absolute atomic E-state index is 0.666. The highest BCUT2D eigenvalue weighted by Gasteiger charge is 1.95. The van der Waals surface area contributed by atoms with Crippen LogP contribution in [-0.2, 0) is 4.79 Å². The van der Waals surface area contributed by atoms with Crippen LogP contribution in [0.25, 0.3) is 0 Å². The van der Waals surface area contributed by atoms with Crippen LogP contribution in [0.1, 0.15) is 116 Å². The Bertz CT molecular complexity index is 277. The highest BCUT2D eigenvalue weighted by molar-refractivity contribution is 7.80. The number of unbranched alkanes of at least 4 members (excludes halogenated alkanes) is 17. The van der Waals surface area contributed by atoms with Gasteiger partial charge in [0, 0.05) is 0 Å². The Hall–Kier alpha value is -0.270. The maximum atomic E-state index is 9.90. The summed E-state index contributed by atoms with van der Waals surface area (Å²) in [6.07, 6.45) is 26.3. The van der Waals surface area contributed by atoms with Gasteiger partial charge in [-0.15, -0.1) is 0 Å². The molecule has 0 fully saturated rings. The normalized spacial score (nSPS) is 10.7. The van der Waals surface area contributed by atoms with Crippen molar-refractivity contribution in [2.75, 3.05) is 12.3 Å². The molecule has 0 aliphatic carbocycles. The zero-order valence-electron chi connectivity index (χ0n) is 15.9. The second kappa shape index (κ2) is 22.7. The van der Waals surface area contributed by atoms with Crippen molar-refractivity contribution < 1.29 is 4.79 Å². The molecular formula is C21H41NOS. The van der Waals surface area contributed by atoms with Crippen LogP contribution in [0.5, 0.6) is 0 Å². The SMILES string of the molecule is O=C=NCCCCCCCCCCCCCCCCCCCCS. The van der Waals surface area contributed by atoms with Crippen LogP contribution < -0.4 is 0 Å². The van der Waals surface area contributed by atoms with E-state index in [0.717, 1.165) is 12.2 Å². The molecule has 0 radical (unpaired) electrons. The molecule has 2 nitrogen and oxygen atoms in total. The van der Waals surface area contributed by atoms with Crippen LogP contribution in [0.4, 0.5) is 0 Å². The van der Waals surface area contributed by atoms with Crippen molar-refractivity contribution in [3.05, 3.63) is 0 Å². The van der Waals surface area contributed by atoms with Gasteiger partial charge in [0.15, 0.2) is 0 Å². The van der Waals surface area contributed by atoms with E-state index < -0.39 is 0 Å². The molecule has 0 saturated carbocycles. The molecule has 24 heavy (non-hydrogen) atoms. The summed E-state index contributed by atoms with van der Waals surface area (Å²) in [7, 11) is 0. The van der Waals surface area contributed by atoms with Crippen molar-refractivity contribution >= 4 is 18.7 Å². The van der Waals surface area contributed by atoms with Gasteiger partial charge in [0.1, 0.15) is 0 Å².